The molecule has 0 aliphatic rings. The van der Waals surface area contributed by atoms with Crippen molar-refractivity contribution in [1.29, 1.82) is 5.26 Å². The fourth-order valence-electron chi connectivity index (χ4n) is 1.58. The molecule has 0 aliphatic heterocycles. The summed E-state index contributed by atoms with van der Waals surface area (Å²) in [4.78, 5) is 0. The molecule has 3 heteroatoms. The van der Waals surface area contributed by atoms with E-state index in [9.17, 15) is 0 Å². The number of nitrogens with zero attached hydrogens (tertiary/aromatic N) is 1. The Morgan fingerprint density at radius 2 is 1.58 bits per heavy atom. The van der Waals surface area contributed by atoms with Crippen LogP contribution in [-0.4, -0.2) is 12.7 Å². The maximum absolute atomic E-state index is 9.03. The van der Waals surface area contributed by atoms with Crippen LogP contribution in [0.5, 0.6) is 5.75 Å². The van der Waals surface area contributed by atoms with Gasteiger partial charge in [0.1, 0.15) is 12.4 Å². The van der Waals surface area contributed by atoms with Gasteiger partial charge in [-0.1, -0.05) is 48.5 Å². The van der Waals surface area contributed by atoms with Crippen molar-refractivity contribution in [2.75, 3.05) is 6.61 Å². The molecule has 0 radical (unpaired) electrons. The van der Waals surface area contributed by atoms with Gasteiger partial charge in [0.05, 0.1) is 12.7 Å². The SMILES string of the molecule is N#CC(COc1ccccc1)OCc1ccccc1. The Morgan fingerprint density at radius 3 is 2.21 bits per heavy atom. The first kappa shape index (κ1) is 13.1. The molecule has 2 aromatic carbocycles. The minimum Gasteiger partial charge on any atom is -0.490 e. The van der Waals surface area contributed by atoms with Gasteiger partial charge in [0, 0.05) is 0 Å². The maximum Gasteiger partial charge on any atom is 0.178 e. The smallest absolute Gasteiger partial charge is 0.178 e. The largest absolute Gasteiger partial charge is 0.490 e. The number of rotatable bonds is 6. The predicted molar refractivity (Wildman–Crippen MR) is 72.6 cm³/mol. The minimum absolute atomic E-state index is 0.230. The van der Waals surface area contributed by atoms with Crippen molar-refractivity contribution in [3.63, 3.8) is 0 Å². The highest BCUT2D eigenvalue weighted by atomic mass is 16.5. The molecule has 0 fully saturated rings. The van der Waals surface area contributed by atoms with Crippen molar-refractivity contribution in [2.45, 2.75) is 12.7 Å². The monoisotopic (exact) mass is 253 g/mol. The first-order valence-electron chi connectivity index (χ1n) is 6.11. The topological polar surface area (TPSA) is 42.2 Å². The van der Waals surface area contributed by atoms with Crippen LogP contribution in [0.1, 0.15) is 5.56 Å². The lowest BCUT2D eigenvalue weighted by Gasteiger charge is -2.12. The van der Waals surface area contributed by atoms with Crippen molar-refractivity contribution in [1.82, 2.24) is 0 Å². The van der Waals surface area contributed by atoms with Gasteiger partial charge in [0.15, 0.2) is 6.10 Å². The van der Waals surface area contributed by atoms with Crippen LogP contribution in [0.15, 0.2) is 60.7 Å². The van der Waals surface area contributed by atoms with Crippen molar-refractivity contribution in [3.8, 4) is 11.8 Å². The molecule has 2 rings (SSSR count). The second-order valence-corrected chi connectivity index (χ2v) is 4.04. The van der Waals surface area contributed by atoms with Crippen LogP contribution in [0.25, 0.3) is 0 Å². The molecule has 19 heavy (non-hydrogen) atoms. The van der Waals surface area contributed by atoms with Gasteiger partial charge in [-0.25, -0.2) is 0 Å². The van der Waals surface area contributed by atoms with E-state index < -0.39 is 6.10 Å². The lowest BCUT2D eigenvalue weighted by Crippen LogP contribution is -2.19. The van der Waals surface area contributed by atoms with Crippen LogP contribution in [0, 0.1) is 11.3 Å². The first-order chi connectivity index (χ1) is 9.38. The van der Waals surface area contributed by atoms with Crippen molar-refractivity contribution in [3.05, 3.63) is 66.2 Å². The van der Waals surface area contributed by atoms with Gasteiger partial charge >= 0.3 is 0 Å². The first-order valence-corrected chi connectivity index (χ1v) is 6.11. The number of hydrogen-bond acceptors (Lipinski definition) is 3. The van der Waals surface area contributed by atoms with Gasteiger partial charge in [0.2, 0.25) is 0 Å². The van der Waals surface area contributed by atoms with E-state index in [1.807, 2.05) is 60.7 Å². The second-order valence-electron chi connectivity index (χ2n) is 4.04. The highest BCUT2D eigenvalue weighted by Gasteiger charge is 2.08. The van der Waals surface area contributed by atoms with Crippen LogP contribution in [0.4, 0.5) is 0 Å². The van der Waals surface area contributed by atoms with E-state index >= 15 is 0 Å². The molecule has 1 atom stereocenters. The van der Waals surface area contributed by atoms with Crippen LogP contribution in [0.2, 0.25) is 0 Å². The summed E-state index contributed by atoms with van der Waals surface area (Å²) in [5.41, 5.74) is 1.04. The van der Waals surface area contributed by atoms with Crippen LogP contribution >= 0.6 is 0 Å². The van der Waals surface area contributed by atoms with Gasteiger partial charge in [-0.3, -0.25) is 0 Å². The van der Waals surface area contributed by atoms with Gasteiger partial charge in [-0.2, -0.15) is 5.26 Å². The predicted octanol–water partition coefficient (Wildman–Crippen LogP) is 3.17. The van der Waals surface area contributed by atoms with Gasteiger partial charge < -0.3 is 9.47 Å². The Hall–Kier alpha value is -2.31. The third kappa shape index (κ3) is 4.46. The molecule has 0 amide bonds. The van der Waals surface area contributed by atoms with E-state index in [0.717, 1.165) is 11.3 Å². The summed E-state index contributed by atoms with van der Waals surface area (Å²) in [6.45, 7) is 0.643. The number of nitriles is 1. The average Bonchev–Trinajstić information content (AvgIpc) is 2.49. The fraction of sp³-hybridized carbons (Fsp3) is 0.188. The molecule has 0 spiro atoms. The molecule has 0 aromatic heterocycles. The molecule has 3 nitrogen and oxygen atoms in total. The summed E-state index contributed by atoms with van der Waals surface area (Å²) in [7, 11) is 0. The van der Waals surface area contributed by atoms with Crippen LogP contribution < -0.4 is 4.74 Å². The fourth-order valence-corrected chi connectivity index (χ4v) is 1.58. The highest BCUT2D eigenvalue weighted by Crippen LogP contribution is 2.10. The lowest BCUT2D eigenvalue weighted by molar-refractivity contribution is 0.0438. The van der Waals surface area contributed by atoms with Crippen LogP contribution in [0.3, 0.4) is 0 Å². The Bertz CT molecular complexity index is 476. The minimum atomic E-state index is -0.569. The second kappa shape index (κ2) is 7.20. The van der Waals surface area contributed by atoms with Crippen molar-refractivity contribution in [2.24, 2.45) is 0 Å². The van der Waals surface area contributed by atoms with E-state index in [1.165, 1.54) is 0 Å². The van der Waals surface area contributed by atoms with E-state index in [1.54, 1.807) is 0 Å². The summed E-state index contributed by atoms with van der Waals surface area (Å²) in [5, 5.41) is 9.03. The quantitative estimate of drug-likeness (QED) is 0.794. The van der Waals surface area contributed by atoms with E-state index in [-0.39, 0.29) is 6.61 Å². The van der Waals surface area contributed by atoms with Crippen molar-refractivity contribution >= 4 is 0 Å². The Morgan fingerprint density at radius 1 is 0.947 bits per heavy atom. The zero-order chi connectivity index (χ0) is 13.3. The van der Waals surface area contributed by atoms with Gasteiger partial charge in [0.25, 0.3) is 0 Å². The summed E-state index contributed by atoms with van der Waals surface area (Å²) < 4.78 is 11.0. The Balaban J connectivity index is 1.80. The Kier molecular flexibility index (Phi) is 4.97. The summed E-state index contributed by atoms with van der Waals surface area (Å²) in [6.07, 6.45) is -0.569. The average molecular weight is 253 g/mol. The number of para-hydroxylation sites is 1. The van der Waals surface area contributed by atoms with Crippen LogP contribution in [-0.2, 0) is 11.3 Å². The molecule has 0 saturated heterocycles. The van der Waals surface area contributed by atoms with Gasteiger partial charge in [-0.15, -0.1) is 0 Å². The zero-order valence-electron chi connectivity index (χ0n) is 10.5. The summed E-state index contributed by atoms with van der Waals surface area (Å²) >= 11 is 0. The standard InChI is InChI=1S/C16H15NO2/c17-11-16(13-19-15-9-5-2-6-10-15)18-12-14-7-3-1-4-8-14/h1-10,16H,12-13H2. The molecule has 1 unspecified atom stereocenters. The molecular formula is C16H15NO2. The third-order valence-corrected chi connectivity index (χ3v) is 2.58. The van der Waals surface area contributed by atoms with E-state index in [4.69, 9.17) is 14.7 Å². The summed E-state index contributed by atoms with van der Waals surface area (Å²) in [5.74, 6) is 0.742. The molecular weight excluding hydrogens is 238 g/mol. The molecule has 0 aliphatic carbocycles. The lowest BCUT2D eigenvalue weighted by atomic mass is 10.2. The molecule has 2 aromatic rings. The molecule has 0 bridgehead atoms. The molecule has 0 heterocycles. The van der Waals surface area contributed by atoms with E-state index in [2.05, 4.69) is 6.07 Å². The van der Waals surface area contributed by atoms with E-state index in [0.29, 0.717) is 6.61 Å². The number of benzene rings is 2. The maximum atomic E-state index is 9.03. The van der Waals surface area contributed by atoms with Crippen molar-refractivity contribution < 1.29 is 9.47 Å². The highest BCUT2D eigenvalue weighted by molar-refractivity contribution is 5.21. The normalized spacial score (nSPS) is 11.5. The zero-order valence-corrected chi connectivity index (χ0v) is 10.5. The number of ether oxygens (including phenoxy) is 2. The molecule has 96 valence electrons. The molecule has 0 N–H and O–H groups in total. The Labute approximate surface area is 113 Å². The van der Waals surface area contributed by atoms with Gasteiger partial charge in [-0.05, 0) is 17.7 Å². The summed E-state index contributed by atoms with van der Waals surface area (Å²) in [6, 6.07) is 21.3. The number of hydrogen-bond donors (Lipinski definition) is 0. The third-order valence-electron chi connectivity index (χ3n) is 2.58. The molecule has 0 saturated carbocycles.